The van der Waals surface area contributed by atoms with E-state index < -0.39 is 5.97 Å². The van der Waals surface area contributed by atoms with Crippen molar-refractivity contribution in [3.63, 3.8) is 0 Å². The number of rotatable bonds is 4. The van der Waals surface area contributed by atoms with Crippen molar-refractivity contribution in [1.29, 1.82) is 0 Å². The Morgan fingerprint density at radius 2 is 2.29 bits per heavy atom. The number of carbonyl (C=O) groups is 2. The molecule has 0 aromatic rings. The predicted octanol–water partition coefficient (Wildman–Crippen LogP) is -1.26. The highest BCUT2D eigenvalue weighted by atomic mass is 16.5. The summed E-state index contributed by atoms with van der Waals surface area (Å²) in [6.45, 7) is 0.845. The van der Waals surface area contributed by atoms with Crippen LogP contribution < -0.4 is 0 Å². The molecule has 0 radical (unpaired) electrons. The summed E-state index contributed by atoms with van der Waals surface area (Å²) in [4.78, 5) is 23.4. The molecule has 0 saturated carbocycles. The molecule has 1 unspecified atom stereocenters. The van der Waals surface area contributed by atoms with Crippen molar-refractivity contribution in [1.82, 2.24) is 4.90 Å². The monoisotopic (exact) mass is 199 g/mol. The number of amides is 1. The largest absolute Gasteiger partial charge is 0.480 e. The maximum Gasteiger partial charge on any atom is 0.323 e. The van der Waals surface area contributed by atoms with E-state index in [-0.39, 0.29) is 18.5 Å². The second kappa shape index (κ2) is 5.00. The first-order valence-electron chi connectivity index (χ1n) is 4.74. The highest BCUT2D eigenvalue weighted by molar-refractivity contribution is 6.19. The van der Waals surface area contributed by atoms with Crippen molar-refractivity contribution in [3.05, 3.63) is 0 Å². The average molecular weight is 199 g/mol. The van der Waals surface area contributed by atoms with Crippen LogP contribution in [-0.2, 0) is 14.3 Å². The van der Waals surface area contributed by atoms with E-state index in [0.717, 1.165) is 6.42 Å². The van der Waals surface area contributed by atoms with Crippen LogP contribution in [-0.4, -0.2) is 55.5 Å². The van der Waals surface area contributed by atoms with Crippen LogP contribution in [0.1, 0.15) is 6.42 Å². The highest BCUT2D eigenvalue weighted by Crippen LogP contribution is 2.13. The lowest BCUT2D eigenvalue weighted by Gasteiger charge is -2.25. The van der Waals surface area contributed by atoms with Crippen LogP contribution in [0.2, 0.25) is 6.32 Å². The van der Waals surface area contributed by atoms with E-state index in [1.54, 1.807) is 7.85 Å². The number of aliphatic carboxylic acids is 1. The Bertz CT molecular complexity index is 227. The molecule has 1 saturated heterocycles. The third-order valence-electron chi connectivity index (χ3n) is 2.27. The normalized spacial score (nSPS) is 20.7. The van der Waals surface area contributed by atoms with Gasteiger partial charge in [-0.3, -0.25) is 9.59 Å². The molecule has 1 N–H and O–H groups in total. The van der Waals surface area contributed by atoms with Crippen LogP contribution in [0.25, 0.3) is 0 Å². The SMILES string of the molecule is BCC(=O)N(CC(=O)O)C1CCOC1. The maximum absolute atomic E-state index is 11.4. The molecular weight excluding hydrogens is 185 g/mol. The zero-order valence-corrected chi connectivity index (χ0v) is 8.23. The fourth-order valence-electron chi connectivity index (χ4n) is 1.54. The predicted molar refractivity (Wildman–Crippen MR) is 51.9 cm³/mol. The molecule has 0 bridgehead atoms. The molecule has 1 aliphatic rings. The molecule has 0 aliphatic carbocycles. The summed E-state index contributed by atoms with van der Waals surface area (Å²) in [5.74, 6) is -1.10. The van der Waals surface area contributed by atoms with Crippen molar-refractivity contribution in [2.24, 2.45) is 0 Å². The molecule has 0 aromatic heterocycles. The summed E-state index contributed by atoms with van der Waals surface area (Å²) >= 11 is 0. The van der Waals surface area contributed by atoms with Crippen molar-refractivity contribution >= 4 is 19.7 Å². The Balaban J connectivity index is 2.59. The Morgan fingerprint density at radius 3 is 2.71 bits per heavy atom. The van der Waals surface area contributed by atoms with E-state index in [2.05, 4.69) is 0 Å². The minimum Gasteiger partial charge on any atom is -0.480 e. The van der Waals surface area contributed by atoms with Gasteiger partial charge in [0.2, 0.25) is 5.91 Å². The van der Waals surface area contributed by atoms with E-state index in [9.17, 15) is 9.59 Å². The fraction of sp³-hybridized carbons (Fsp3) is 0.750. The molecule has 0 spiro atoms. The van der Waals surface area contributed by atoms with Crippen LogP contribution in [0.15, 0.2) is 0 Å². The molecule has 1 atom stereocenters. The van der Waals surface area contributed by atoms with Gasteiger partial charge < -0.3 is 14.7 Å². The van der Waals surface area contributed by atoms with Gasteiger partial charge in [0.25, 0.3) is 0 Å². The zero-order valence-electron chi connectivity index (χ0n) is 8.23. The number of hydrogen-bond acceptors (Lipinski definition) is 3. The third kappa shape index (κ3) is 2.73. The standard InChI is InChI=1S/C8H14BNO4/c9-3-7(11)10(4-8(12)13)6-1-2-14-5-6/h6H,1-5,9H2,(H,12,13). The fourth-order valence-corrected chi connectivity index (χ4v) is 1.54. The Labute approximate surface area is 83.4 Å². The van der Waals surface area contributed by atoms with Crippen molar-refractivity contribution in [3.8, 4) is 0 Å². The molecule has 0 aromatic carbocycles. The van der Waals surface area contributed by atoms with E-state index in [4.69, 9.17) is 9.84 Å². The number of carboxylic acids is 1. The van der Waals surface area contributed by atoms with E-state index >= 15 is 0 Å². The van der Waals surface area contributed by atoms with Gasteiger partial charge in [0.1, 0.15) is 14.4 Å². The lowest BCUT2D eigenvalue weighted by Crippen LogP contribution is -2.43. The lowest BCUT2D eigenvalue weighted by molar-refractivity contribution is -0.145. The minimum atomic E-state index is -0.973. The molecule has 1 heterocycles. The van der Waals surface area contributed by atoms with E-state index in [0.29, 0.717) is 19.5 Å². The van der Waals surface area contributed by atoms with E-state index in [1.807, 2.05) is 0 Å². The van der Waals surface area contributed by atoms with Gasteiger partial charge in [0.15, 0.2) is 0 Å². The van der Waals surface area contributed by atoms with E-state index in [1.165, 1.54) is 4.90 Å². The Kier molecular flexibility index (Phi) is 3.94. The van der Waals surface area contributed by atoms with Crippen molar-refractivity contribution in [2.45, 2.75) is 18.8 Å². The molecule has 5 nitrogen and oxygen atoms in total. The van der Waals surface area contributed by atoms with Gasteiger partial charge >= 0.3 is 5.97 Å². The summed E-state index contributed by atoms with van der Waals surface area (Å²) < 4.78 is 5.13. The molecule has 1 amide bonds. The van der Waals surface area contributed by atoms with Crippen LogP contribution in [0.5, 0.6) is 0 Å². The van der Waals surface area contributed by atoms with Crippen molar-refractivity contribution < 1.29 is 19.4 Å². The molecular formula is C8H14BNO4. The van der Waals surface area contributed by atoms with Crippen LogP contribution in [0, 0.1) is 0 Å². The second-order valence-corrected chi connectivity index (χ2v) is 3.29. The van der Waals surface area contributed by atoms with Gasteiger partial charge in [0, 0.05) is 6.61 Å². The topological polar surface area (TPSA) is 66.8 Å². The second-order valence-electron chi connectivity index (χ2n) is 3.29. The Morgan fingerprint density at radius 1 is 1.57 bits per heavy atom. The van der Waals surface area contributed by atoms with Gasteiger partial charge in [-0.2, -0.15) is 0 Å². The molecule has 1 aliphatic heterocycles. The molecule has 14 heavy (non-hydrogen) atoms. The van der Waals surface area contributed by atoms with Gasteiger partial charge in [0.05, 0.1) is 12.6 Å². The molecule has 78 valence electrons. The maximum atomic E-state index is 11.4. The molecule has 6 heteroatoms. The first kappa shape index (κ1) is 11.0. The molecule has 1 fully saturated rings. The molecule has 1 rings (SSSR count). The number of hydrogen-bond donors (Lipinski definition) is 1. The highest BCUT2D eigenvalue weighted by Gasteiger charge is 2.27. The first-order chi connectivity index (χ1) is 6.65. The number of nitrogens with zero attached hydrogens (tertiary/aromatic N) is 1. The Hall–Kier alpha value is -1.04. The van der Waals surface area contributed by atoms with Gasteiger partial charge in [-0.25, -0.2) is 0 Å². The van der Waals surface area contributed by atoms with Crippen molar-refractivity contribution in [2.75, 3.05) is 19.8 Å². The smallest absolute Gasteiger partial charge is 0.323 e. The number of carbonyl (C=O) groups excluding carboxylic acids is 1. The minimum absolute atomic E-state index is 0.0569. The lowest BCUT2D eigenvalue weighted by atomic mass is 10.0. The summed E-state index contributed by atoms with van der Waals surface area (Å²) in [7, 11) is 1.73. The number of carboxylic acid groups (broad SMARTS) is 1. The third-order valence-corrected chi connectivity index (χ3v) is 2.27. The summed E-state index contributed by atoms with van der Waals surface area (Å²) in [6.07, 6.45) is 1.07. The summed E-state index contributed by atoms with van der Waals surface area (Å²) in [6, 6.07) is -0.0569. The zero-order chi connectivity index (χ0) is 10.6. The summed E-state index contributed by atoms with van der Waals surface area (Å²) in [5.41, 5.74) is 0. The van der Waals surface area contributed by atoms with Gasteiger partial charge in [-0.05, 0) is 12.7 Å². The van der Waals surface area contributed by atoms with Crippen LogP contribution >= 0.6 is 0 Å². The first-order valence-corrected chi connectivity index (χ1v) is 4.74. The quantitative estimate of drug-likeness (QED) is 0.574. The van der Waals surface area contributed by atoms with Gasteiger partial charge in [-0.1, -0.05) is 0 Å². The summed E-state index contributed by atoms with van der Waals surface area (Å²) in [5, 5.41) is 8.65. The van der Waals surface area contributed by atoms with Crippen LogP contribution in [0.3, 0.4) is 0 Å². The number of ether oxygens (including phenoxy) is 1. The van der Waals surface area contributed by atoms with Gasteiger partial charge in [-0.15, -0.1) is 0 Å². The van der Waals surface area contributed by atoms with Crippen LogP contribution in [0.4, 0.5) is 0 Å². The average Bonchev–Trinajstić information content (AvgIpc) is 2.65.